The van der Waals surface area contributed by atoms with E-state index in [9.17, 15) is 24.6 Å². The second-order valence-electron chi connectivity index (χ2n) is 5.31. The molecule has 1 aliphatic heterocycles. The Morgan fingerprint density at radius 2 is 1.43 bits per heavy atom. The van der Waals surface area contributed by atoms with E-state index in [2.05, 4.69) is 0 Å². The van der Waals surface area contributed by atoms with Crippen LogP contribution in [0.1, 0.15) is 27.7 Å². The van der Waals surface area contributed by atoms with Gasteiger partial charge in [0.1, 0.15) is 24.9 Å². The van der Waals surface area contributed by atoms with Gasteiger partial charge in [0.2, 0.25) is 0 Å². The first-order chi connectivity index (χ1) is 10.6. The Morgan fingerprint density at radius 3 is 1.91 bits per heavy atom. The summed E-state index contributed by atoms with van der Waals surface area (Å²) in [5.41, 5.74) is 0. The van der Waals surface area contributed by atoms with Crippen LogP contribution in [0.2, 0.25) is 0 Å². The molecule has 9 nitrogen and oxygen atoms in total. The van der Waals surface area contributed by atoms with E-state index in [-0.39, 0.29) is 6.61 Å². The van der Waals surface area contributed by atoms with Crippen molar-refractivity contribution in [1.29, 1.82) is 0 Å². The summed E-state index contributed by atoms with van der Waals surface area (Å²) in [6.07, 6.45) is -7.43. The third-order valence-electron chi connectivity index (χ3n) is 3.30. The molecule has 0 amide bonds. The zero-order valence-electron chi connectivity index (χ0n) is 13.4. The molecule has 2 N–H and O–H groups in total. The molecule has 0 spiro atoms. The van der Waals surface area contributed by atoms with Crippen LogP contribution in [-0.2, 0) is 33.3 Å². The van der Waals surface area contributed by atoms with Gasteiger partial charge in [-0.05, 0) is 6.92 Å². The highest BCUT2D eigenvalue weighted by atomic mass is 16.6. The van der Waals surface area contributed by atoms with Crippen LogP contribution in [0.4, 0.5) is 0 Å². The van der Waals surface area contributed by atoms with Crippen LogP contribution < -0.4 is 0 Å². The Kier molecular flexibility index (Phi) is 6.92. The Hall–Kier alpha value is -1.71. The van der Waals surface area contributed by atoms with Crippen molar-refractivity contribution in [3.8, 4) is 0 Å². The molecule has 0 aromatic carbocycles. The molecule has 6 atom stereocenters. The summed E-state index contributed by atoms with van der Waals surface area (Å²) in [6, 6.07) is 0. The number of ether oxygens (including phenoxy) is 4. The van der Waals surface area contributed by atoms with E-state index in [1.807, 2.05) is 0 Å². The van der Waals surface area contributed by atoms with Gasteiger partial charge in [-0.2, -0.15) is 0 Å². The van der Waals surface area contributed by atoms with Crippen molar-refractivity contribution in [2.24, 2.45) is 0 Å². The Labute approximate surface area is 133 Å². The normalized spacial score (nSPS) is 34.2. The largest absolute Gasteiger partial charge is 0.463 e. The van der Waals surface area contributed by atoms with Crippen molar-refractivity contribution < 1.29 is 43.5 Å². The standard InChI is InChI=1S/C14H22O9/c1-6-13(22-8(3)16)14(23-9(4)17)12(19)11(18)10(21-6)5-20-7(2)15/h6,10-14,18-19H,5H2,1-4H3/t6-,10+,11+,12-,13-,14+/m0/s1. The lowest BCUT2D eigenvalue weighted by Crippen LogP contribution is -2.50. The fraction of sp³-hybridized carbons (Fsp3) is 0.786. The molecule has 0 saturated carbocycles. The SMILES string of the molecule is CC(=O)OC[C@H]1O[C@@H](C)[C@H](OC(C)=O)[C@H](OC(C)=O)[C@@H](O)[C@@H]1O. The van der Waals surface area contributed by atoms with Crippen LogP contribution in [0, 0.1) is 0 Å². The van der Waals surface area contributed by atoms with Gasteiger partial charge in [-0.15, -0.1) is 0 Å². The molecular weight excluding hydrogens is 312 g/mol. The van der Waals surface area contributed by atoms with Gasteiger partial charge in [0, 0.05) is 20.8 Å². The van der Waals surface area contributed by atoms with Crippen molar-refractivity contribution in [2.75, 3.05) is 6.61 Å². The van der Waals surface area contributed by atoms with E-state index in [0.29, 0.717) is 0 Å². The molecule has 132 valence electrons. The molecule has 1 heterocycles. The van der Waals surface area contributed by atoms with Gasteiger partial charge >= 0.3 is 17.9 Å². The van der Waals surface area contributed by atoms with Crippen LogP contribution in [0.25, 0.3) is 0 Å². The number of aliphatic hydroxyl groups excluding tert-OH is 2. The Balaban J connectivity index is 3.03. The molecule has 1 fully saturated rings. The highest BCUT2D eigenvalue weighted by Gasteiger charge is 2.48. The molecule has 1 saturated heterocycles. The van der Waals surface area contributed by atoms with Gasteiger partial charge in [-0.25, -0.2) is 0 Å². The maximum absolute atomic E-state index is 11.3. The molecule has 23 heavy (non-hydrogen) atoms. The monoisotopic (exact) mass is 334 g/mol. The van der Waals surface area contributed by atoms with Crippen LogP contribution in [0.5, 0.6) is 0 Å². The van der Waals surface area contributed by atoms with Crippen LogP contribution in [-0.4, -0.2) is 71.4 Å². The van der Waals surface area contributed by atoms with E-state index in [1.165, 1.54) is 13.8 Å². The summed E-state index contributed by atoms with van der Waals surface area (Å²) in [6.45, 7) is 4.68. The third kappa shape index (κ3) is 5.45. The second-order valence-corrected chi connectivity index (χ2v) is 5.31. The molecule has 0 aromatic rings. The summed E-state index contributed by atoms with van der Waals surface area (Å²) in [5.74, 6) is -1.97. The highest BCUT2D eigenvalue weighted by Crippen LogP contribution is 2.26. The van der Waals surface area contributed by atoms with E-state index in [0.717, 1.165) is 13.8 Å². The predicted molar refractivity (Wildman–Crippen MR) is 74.1 cm³/mol. The smallest absolute Gasteiger partial charge is 0.303 e. The van der Waals surface area contributed by atoms with Gasteiger partial charge in [-0.3, -0.25) is 14.4 Å². The predicted octanol–water partition coefficient (Wildman–Crippen LogP) is -1.08. The minimum absolute atomic E-state index is 0.308. The molecule has 0 unspecified atom stereocenters. The molecule has 1 rings (SSSR count). The summed E-state index contributed by atoms with van der Waals surface area (Å²) in [4.78, 5) is 33.4. The van der Waals surface area contributed by atoms with Gasteiger partial charge in [0.05, 0.1) is 6.10 Å². The Morgan fingerprint density at radius 1 is 0.913 bits per heavy atom. The maximum Gasteiger partial charge on any atom is 0.303 e. The van der Waals surface area contributed by atoms with Gasteiger partial charge < -0.3 is 29.2 Å². The number of aliphatic hydroxyl groups is 2. The van der Waals surface area contributed by atoms with Crippen LogP contribution >= 0.6 is 0 Å². The molecule has 1 aliphatic rings. The zero-order valence-corrected chi connectivity index (χ0v) is 13.4. The van der Waals surface area contributed by atoms with Crippen LogP contribution in [0.3, 0.4) is 0 Å². The average Bonchev–Trinajstić information content (AvgIpc) is 2.50. The average molecular weight is 334 g/mol. The lowest BCUT2D eigenvalue weighted by atomic mass is 9.99. The van der Waals surface area contributed by atoms with Crippen LogP contribution in [0.15, 0.2) is 0 Å². The van der Waals surface area contributed by atoms with Crippen molar-refractivity contribution in [3.05, 3.63) is 0 Å². The van der Waals surface area contributed by atoms with E-state index < -0.39 is 54.5 Å². The molecule has 0 radical (unpaired) electrons. The zero-order chi connectivity index (χ0) is 17.7. The number of rotatable bonds is 4. The van der Waals surface area contributed by atoms with Gasteiger partial charge in [-0.1, -0.05) is 0 Å². The maximum atomic E-state index is 11.3. The number of hydrogen-bond acceptors (Lipinski definition) is 9. The van der Waals surface area contributed by atoms with Gasteiger partial charge in [0.15, 0.2) is 12.2 Å². The first-order valence-corrected chi connectivity index (χ1v) is 7.12. The second kappa shape index (κ2) is 8.23. The summed E-state index contributed by atoms with van der Waals surface area (Å²) >= 11 is 0. The first-order valence-electron chi connectivity index (χ1n) is 7.12. The fourth-order valence-corrected chi connectivity index (χ4v) is 2.33. The number of carbonyl (C=O) groups is 3. The quantitative estimate of drug-likeness (QED) is 0.487. The first kappa shape index (κ1) is 19.3. The summed E-state index contributed by atoms with van der Waals surface area (Å²) in [7, 11) is 0. The minimum atomic E-state index is -1.59. The molecular formula is C14H22O9. The fourth-order valence-electron chi connectivity index (χ4n) is 2.33. The molecule has 9 heteroatoms. The summed E-state index contributed by atoms with van der Waals surface area (Å²) < 4.78 is 20.4. The minimum Gasteiger partial charge on any atom is -0.463 e. The lowest BCUT2D eigenvalue weighted by molar-refractivity contribution is -0.183. The summed E-state index contributed by atoms with van der Waals surface area (Å²) in [5, 5.41) is 20.4. The number of esters is 3. The third-order valence-corrected chi connectivity index (χ3v) is 3.30. The Bertz CT molecular complexity index is 450. The number of carbonyl (C=O) groups excluding carboxylic acids is 3. The topological polar surface area (TPSA) is 129 Å². The van der Waals surface area contributed by atoms with E-state index >= 15 is 0 Å². The molecule has 0 aliphatic carbocycles. The lowest BCUT2D eigenvalue weighted by Gasteiger charge is -2.30. The molecule has 0 bridgehead atoms. The van der Waals surface area contributed by atoms with E-state index in [1.54, 1.807) is 0 Å². The molecule has 0 aromatic heterocycles. The van der Waals surface area contributed by atoms with Crippen molar-refractivity contribution in [2.45, 2.75) is 64.3 Å². The highest BCUT2D eigenvalue weighted by molar-refractivity contribution is 5.67. The van der Waals surface area contributed by atoms with Crippen molar-refractivity contribution in [1.82, 2.24) is 0 Å². The van der Waals surface area contributed by atoms with E-state index in [4.69, 9.17) is 18.9 Å². The van der Waals surface area contributed by atoms with Crippen molar-refractivity contribution in [3.63, 3.8) is 0 Å². The van der Waals surface area contributed by atoms with Crippen molar-refractivity contribution >= 4 is 17.9 Å². The van der Waals surface area contributed by atoms with Gasteiger partial charge in [0.25, 0.3) is 0 Å². The number of hydrogen-bond donors (Lipinski definition) is 2.